The van der Waals surface area contributed by atoms with Crippen LogP contribution in [0.4, 0.5) is 11.4 Å². The SMILES string of the molecule is CC(=O)Nc1cccc(NC(=O)CC23C[C@H]4C[C@@H](CC(O)(C4)C2)C3)c1. The smallest absolute Gasteiger partial charge is 0.224 e. The molecule has 5 nitrogen and oxygen atoms in total. The van der Waals surface area contributed by atoms with Gasteiger partial charge in [-0.05, 0) is 74.0 Å². The molecule has 0 aromatic heterocycles. The molecule has 134 valence electrons. The molecule has 5 rings (SSSR count). The summed E-state index contributed by atoms with van der Waals surface area (Å²) in [4.78, 5) is 23.8. The van der Waals surface area contributed by atoms with Gasteiger partial charge in [-0.25, -0.2) is 0 Å². The molecule has 0 spiro atoms. The van der Waals surface area contributed by atoms with Gasteiger partial charge in [-0.1, -0.05) is 6.07 Å². The van der Waals surface area contributed by atoms with Crippen LogP contribution in [-0.2, 0) is 9.59 Å². The van der Waals surface area contributed by atoms with Crippen molar-refractivity contribution in [3.05, 3.63) is 24.3 Å². The highest BCUT2D eigenvalue weighted by Gasteiger charge is 2.57. The van der Waals surface area contributed by atoms with E-state index in [2.05, 4.69) is 10.6 Å². The molecule has 3 N–H and O–H groups in total. The van der Waals surface area contributed by atoms with Gasteiger partial charge in [-0.2, -0.15) is 0 Å². The third-order valence-corrected chi connectivity index (χ3v) is 6.15. The van der Waals surface area contributed by atoms with Crippen molar-refractivity contribution in [2.75, 3.05) is 10.6 Å². The van der Waals surface area contributed by atoms with Crippen LogP contribution >= 0.6 is 0 Å². The summed E-state index contributed by atoms with van der Waals surface area (Å²) in [5.74, 6) is 1.04. The Bertz CT molecular complexity index is 701. The number of aliphatic hydroxyl groups is 1. The van der Waals surface area contributed by atoms with Crippen molar-refractivity contribution in [2.24, 2.45) is 17.3 Å². The first-order valence-corrected chi connectivity index (χ1v) is 9.23. The molecule has 2 atom stereocenters. The average molecular weight is 342 g/mol. The summed E-state index contributed by atoms with van der Waals surface area (Å²) < 4.78 is 0. The van der Waals surface area contributed by atoms with E-state index in [1.165, 1.54) is 13.3 Å². The summed E-state index contributed by atoms with van der Waals surface area (Å²) in [7, 11) is 0. The lowest BCUT2D eigenvalue weighted by Gasteiger charge is -2.60. The second-order valence-electron chi connectivity index (χ2n) is 8.67. The fraction of sp³-hybridized carbons (Fsp3) is 0.600. The van der Waals surface area contributed by atoms with Gasteiger partial charge in [0.15, 0.2) is 0 Å². The van der Waals surface area contributed by atoms with Gasteiger partial charge in [-0.3, -0.25) is 9.59 Å². The first-order chi connectivity index (χ1) is 11.8. The summed E-state index contributed by atoms with van der Waals surface area (Å²) in [6, 6.07) is 7.21. The van der Waals surface area contributed by atoms with Crippen molar-refractivity contribution >= 4 is 23.2 Å². The second-order valence-corrected chi connectivity index (χ2v) is 8.67. The summed E-state index contributed by atoms with van der Waals surface area (Å²) in [6.45, 7) is 1.46. The van der Waals surface area contributed by atoms with Crippen LogP contribution in [0.3, 0.4) is 0 Å². The molecule has 0 saturated heterocycles. The molecule has 0 aliphatic heterocycles. The molecule has 25 heavy (non-hydrogen) atoms. The number of carbonyl (C=O) groups excluding carboxylic acids is 2. The Hall–Kier alpha value is -1.88. The van der Waals surface area contributed by atoms with Crippen molar-refractivity contribution in [1.82, 2.24) is 0 Å². The maximum atomic E-state index is 12.7. The molecule has 5 heteroatoms. The van der Waals surface area contributed by atoms with Crippen LogP contribution in [-0.4, -0.2) is 22.5 Å². The number of hydrogen-bond acceptors (Lipinski definition) is 3. The molecule has 4 bridgehead atoms. The Balaban J connectivity index is 1.43. The van der Waals surface area contributed by atoms with Crippen LogP contribution in [0.5, 0.6) is 0 Å². The molecule has 0 unspecified atom stereocenters. The quantitative estimate of drug-likeness (QED) is 0.785. The van der Waals surface area contributed by atoms with Crippen molar-refractivity contribution < 1.29 is 14.7 Å². The molecule has 4 saturated carbocycles. The zero-order valence-corrected chi connectivity index (χ0v) is 14.7. The third-order valence-electron chi connectivity index (χ3n) is 6.15. The predicted molar refractivity (Wildman–Crippen MR) is 96.1 cm³/mol. The minimum Gasteiger partial charge on any atom is -0.390 e. The van der Waals surface area contributed by atoms with Crippen molar-refractivity contribution in [1.29, 1.82) is 0 Å². The van der Waals surface area contributed by atoms with Gasteiger partial charge in [-0.15, -0.1) is 0 Å². The van der Waals surface area contributed by atoms with Gasteiger partial charge < -0.3 is 15.7 Å². The number of anilines is 2. The van der Waals surface area contributed by atoms with Crippen LogP contribution in [0.15, 0.2) is 24.3 Å². The van der Waals surface area contributed by atoms with E-state index in [1.54, 1.807) is 12.1 Å². The van der Waals surface area contributed by atoms with Crippen LogP contribution in [0.2, 0.25) is 0 Å². The number of hydrogen-bond donors (Lipinski definition) is 3. The van der Waals surface area contributed by atoms with Gasteiger partial charge in [0.2, 0.25) is 11.8 Å². The summed E-state index contributed by atoms with van der Waals surface area (Å²) in [5.41, 5.74) is 0.808. The number of benzene rings is 1. The number of nitrogens with one attached hydrogen (secondary N) is 2. The van der Waals surface area contributed by atoms with E-state index in [-0.39, 0.29) is 17.2 Å². The number of rotatable bonds is 4. The van der Waals surface area contributed by atoms with Crippen molar-refractivity contribution in [3.8, 4) is 0 Å². The molecule has 2 amide bonds. The Morgan fingerprint density at radius 2 is 1.76 bits per heavy atom. The van der Waals surface area contributed by atoms with Gasteiger partial charge >= 0.3 is 0 Å². The van der Waals surface area contributed by atoms with Gasteiger partial charge in [0, 0.05) is 24.7 Å². The zero-order chi connectivity index (χ0) is 17.7. The Morgan fingerprint density at radius 3 is 2.36 bits per heavy atom. The van der Waals surface area contributed by atoms with E-state index in [9.17, 15) is 14.7 Å². The molecule has 1 aromatic carbocycles. The number of carbonyl (C=O) groups is 2. The molecular weight excluding hydrogens is 316 g/mol. The minimum atomic E-state index is -0.532. The molecule has 1 aromatic rings. The molecule has 4 fully saturated rings. The zero-order valence-electron chi connectivity index (χ0n) is 14.7. The Kier molecular flexibility index (Phi) is 3.87. The standard InChI is InChI=1S/C20H26N2O3/c1-13(23)21-16-3-2-4-17(6-16)22-18(24)11-19-7-14-5-15(8-19)10-20(25,9-14)12-19/h2-4,6,14-15,25H,5,7-12H2,1H3,(H,21,23)(H,22,24)/t14-,15-,19?,20?/m1/s1. The highest BCUT2D eigenvalue weighted by atomic mass is 16.3. The lowest BCUT2D eigenvalue weighted by Crippen LogP contribution is -2.56. The van der Waals surface area contributed by atoms with Crippen LogP contribution < -0.4 is 10.6 Å². The first-order valence-electron chi connectivity index (χ1n) is 9.23. The van der Waals surface area contributed by atoms with E-state index in [4.69, 9.17) is 0 Å². The topological polar surface area (TPSA) is 78.4 Å². The van der Waals surface area contributed by atoms with E-state index in [1.807, 2.05) is 12.1 Å². The summed E-state index contributed by atoms with van der Waals surface area (Å²) in [5, 5.41) is 16.5. The highest BCUT2D eigenvalue weighted by Crippen LogP contribution is 2.62. The fourth-order valence-electron chi connectivity index (χ4n) is 6.03. The van der Waals surface area contributed by atoms with E-state index < -0.39 is 5.60 Å². The van der Waals surface area contributed by atoms with Gasteiger partial charge in [0.05, 0.1) is 5.60 Å². The average Bonchev–Trinajstić information content (AvgIpc) is 2.42. The minimum absolute atomic E-state index is 0.00512. The molecule has 4 aliphatic rings. The maximum absolute atomic E-state index is 12.7. The summed E-state index contributed by atoms with van der Waals surface area (Å²) >= 11 is 0. The van der Waals surface area contributed by atoms with E-state index in [0.29, 0.717) is 29.6 Å². The van der Waals surface area contributed by atoms with Crippen LogP contribution in [0.1, 0.15) is 51.9 Å². The Labute approximate surface area is 148 Å². The Morgan fingerprint density at radius 1 is 1.12 bits per heavy atom. The lowest BCUT2D eigenvalue weighted by atomic mass is 9.47. The molecule has 0 heterocycles. The number of amides is 2. The third kappa shape index (κ3) is 3.43. The van der Waals surface area contributed by atoms with Crippen molar-refractivity contribution in [2.45, 2.75) is 57.5 Å². The molecule has 0 radical (unpaired) electrons. The van der Waals surface area contributed by atoms with Crippen LogP contribution in [0.25, 0.3) is 0 Å². The molecular formula is C20H26N2O3. The van der Waals surface area contributed by atoms with Gasteiger partial charge in [0.1, 0.15) is 0 Å². The predicted octanol–water partition coefficient (Wildman–Crippen LogP) is 3.30. The highest BCUT2D eigenvalue weighted by molar-refractivity contribution is 5.93. The van der Waals surface area contributed by atoms with E-state index >= 15 is 0 Å². The van der Waals surface area contributed by atoms with Gasteiger partial charge in [0.25, 0.3) is 0 Å². The van der Waals surface area contributed by atoms with Crippen molar-refractivity contribution in [3.63, 3.8) is 0 Å². The summed E-state index contributed by atoms with van der Waals surface area (Å²) in [6.07, 6.45) is 6.47. The first kappa shape index (κ1) is 16.6. The largest absolute Gasteiger partial charge is 0.390 e. The normalized spacial score (nSPS) is 35.4. The maximum Gasteiger partial charge on any atom is 0.224 e. The monoisotopic (exact) mass is 342 g/mol. The second kappa shape index (κ2) is 5.84. The molecule has 4 aliphatic carbocycles. The van der Waals surface area contributed by atoms with E-state index in [0.717, 1.165) is 32.1 Å². The lowest BCUT2D eigenvalue weighted by molar-refractivity contribution is -0.167. The fourth-order valence-corrected chi connectivity index (χ4v) is 6.03. The van der Waals surface area contributed by atoms with Crippen LogP contribution in [0, 0.1) is 17.3 Å².